The molecule has 9 heteroatoms. The number of alkyl halides is 5. The first-order valence-corrected chi connectivity index (χ1v) is 7.81. The van der Waals surface area contributed by atoms with Crippen LogP contribution in [0.1, 0.15) is 5.56 Å². The second-order valence-electron chi connectivity index (χ2n) is 4.22. The van der Waals surface area contributed by atoms with E-state index in [0.717, 1.165) is 14.2 Å². The van der Waals surface area contributed by atoms with Crippen LogP contribution < -0.4 is 0 Å². The van der Waals surface area contributed by atoms with Crippen molar-refractivity contribution in [1.29, 1.82) is 0 Å². The van der Waals surface area contributed by atoms with Gasteiger partial charge in [-0.15, -0.1) is 0 Å². The highest BCUT2D eigenvalue weighted by Gasteiger charge is 2.63. The molecule has 21 heavy (non-hydrogen) atoms. The van der Waals surface area contributed by atoms with Crippen molar-refractivity contribution in [3.63, 3.8) is 0 Å². The molecule has 1 unspecified atom stereocenters. The van der Waals surface area contributed by atoms with E-state index >= 15 is 0 Å². The van der Waals surface area contributed by atoms with Gasteiger partial charge in [0.2, 0.25) is 0 Å². The molecular formula is C12H15F5O3Si. The van der Waals surface area contributed by atoms with Crippen molar-refractivity contribution < 1.29 is 35.2 Å². The number of hydrogen-bond acceptors (Lipinski definition) is 3. The molecule has 0 aliphatic carbocycles. The van der Waals surface area contributed by atoms with Gasteiger partial charge in [0.25, 0.3) is 0 Å². The second-order valence-corrected chi connectivity index (χ2v) is 6.96. The summed E-state index contributed by atoms with van der Waals surface area (Å²) in [7, 11) is -2.01. The van der Waals surface area contributed by atoms with E-state index in [9.17, 15) is 22.0 Å². The Labute approximate surface area is 120 Å². The van der Waals surface area contributed by atoms with Crippen LogP contribution in [0.4, 0.5) is 22.0 Å². The molecule has 1 atom stereocenters. The first-order chi connectivity index (χ1) is 9.72. The summed E-state index contributed by atoms with van der Waals surface area (Å²) < 4.78 is 78.3. The number of hydrogen-bond donors (Lipinski definition) is 0. The molecule has 1 aromatic carbocycles. The zero-order valence-corrected chi connectivity index (χ0v) is 12.4. The molecule has 3 nitrogen and oxygen atoms in total. The number of rotatable bonds is 7. The van der Waals surface area contributed by atoms with Gasteiger partial charge >= 0.3 is 20.8 Å². The Hall–Kier alpha value is -1.03. The van der Waals surface area contributed by atoms with Gasteiger partial charge in [0.1, 0.15) is 0 Å². The molecule has 120 valence electrons. The van der Waals surface area contributed by atoms with Crippen molar-refractivity contribution in [3.05, 3.63) is 35.9 Å². The van der Waals surface area contributed by atoms with E-state index in [2.05, 4.69) is 4.43 Å². The molecular weight excluding hydrogens is 315 g/mol. The molecule has 0 aliphatic heterocycles. The SMILES string of the molecule is CO[Si](Cc1ccccc1)(OC)OC(F)(CF)C(F)(F)F. The van der Waals surface area contributed by atoms with E-state index in [1.165, 1.54) is 0 Å². The van der Waals surface area contributed by atoms with E-state index in [4.69, 9.17) is 8.85 Å². The van der Waals surface area contributed by atoms with E-state index in [1.807, 2.05) is 0 Å². The van der Waals surface area contributed by atoms with E-state index in [1.54, 1.807) is 30.3 Å². The minimum absolute atomic E-state index is 0.220. The van der Waals surface area contributed by atoms with Crippen LogP contribution in [-0.4, -0.2) is 41.7 Å². The van der Waals surface area contributed by atoms with E-state index in [-0.39, 0.29) is 6.04 Å². The molecule has 0 fully saturated rings. The van der Waals surface area contributed by atoms with E-state index < -0.39 is 27.5 Å². The van der Waals surface area contributed by atoms with Crippen molar-refractivity contribution in [1.82, 2.24) is 0 Å². The maximum Gasteiger partial charge on any atom is 0.507 e. The molecule has 0 spiro atoms. The van der Waals surface area contributed by atoms with Crippen molar-refractivity contribution in [2.24, 2.45) is 0 Å². The summed E-state index contributed by atoms with van der Waals surface area (Å²) in [6.07, 6.45) is -5.53. The second kappa shape index (κ2) is 6.82. The molecule has 1 aromatic rings. The summed E-state index contributed by atoms with van der Waals surface area (Å²) in [4.78, 5) is 0. The van der Waals surface area contributed by atoms with Crippen LogP contribution in [0.15, 0.2) is 30.3 Å². The van der Waals surface area contributed by atoms with Crippen LogP contribution in [0, 0.1) is 0 Å². The Bertz CT molecular complexity index is 438. The van der Waals surface area contributed by atoms with Gasteiger partial charge < -0.3 is 13.3 Å². The van der Waals surface area contributed by atoms with Crippen LogP contribution in [0.5, 0.6) is 0 Å². The first-order valence-electron chi connectivity index (χ1n) is 5.88. The average molecular weight is 330 g/mol. The predicted octanol–water partition coefficient (Wildman–Crippen LogP) is 3.21. The molecule has 0 amide bonds. The standard InChI is InChI=1S/C12H15F5O3Si/c1-18-21(19-2,8-10-6-4-3-5-7-10)20-11(14,9-13)12(15,16)17/h3-7H,8-9H2,1-2H3. The lowest BCUT2D eigenvalue weighted by molar-refractivity contribution is -0.318. The van der Waals surface area contributed by atoms with Gasteiger partial charge in [0, 0.05) is 20.3 Å². The molecule has 0 saturated carbocycles. The highest BCUT2D eigenvalue weighted by Crippen LogP contribution is 2.38. The summed E-state index contributed by atoms with van der Waals surface area (Å²) in [5, 5.41) is 0. The highest BCUT2D eigenvalue weighted by atomic mass is 28.4. The van der Waals surface area contributed by atoms with Gasteiger partial charge in [-0.2, -0.15) is 17.6 Å². The molecule has 0 aromatic heterocycles. The quantitative estimate of drug-likeness (QED) is 0.567. The molecule has 0 bridgehead atoms. The molecule has 0 heterocycles. The first kappa shape index (κ1) is 18.0. The topological polar surface area (TPSA) is 27.7 Å². The van der Waals surface area contributed by atoms with Crippen LogP contribution in [-0.2, 0) is 19.3 Å². The van der Waals surface area contributed by atoms with Crippen molar-refractivity contribution in [3.8, 4) is 0 Å². The Kier molecular flexibility index (Phi) is 5.85. The zero-order chi connectivity index (χ0) is 16.1. The normalized spacial score (nSPS) is 15.8. The van der Waals surface area contributed by atoms with Crippen LogP contribution in [0.25, 0.3) is 0 Å². The fraction of sp³-hybridized carbons (Fsp3) is 0.500. The van der Waals surface area contributed by atoms with Crippen LogP contribution >= 0.6 is 0 Å². The zero-order valence-electron chi connectivity index (χ0n) is 11.4. The Morgan fingerprint density at radius 2 is 1.52 bits per heavy atom. The van der Waals surface area contributed by atoms with Gasteiger partial charge in [0.15, 0.2) is 6.67 Å². The van der Waals surface area contributed by atoms with Gasteiger partial charge in [0.05, 0.1) is 0 Å². The lowest BCUT2D eigenvalue weighted by Gasteiger charge is -2.34. The van der Waals surface area contributed by atoms with Crippen LogP contribution in [0.2, 0.25) is 0 Å². The summed E-state index contributed by atoms with van der Waals surface area (Å²) >= 11 is 0. The summed E-state index contributed by atoms with van der Waals surface area (Å²) in [5.41, 5.74) is 0.524. The van der Waals surface area contributed by atoms with Crippen LogP contribution in [0.3, 0.4) is 0 Å². The maximum absolute atomic E-state index is 13.8. The summed E-state index contributed by atoms with van der Waals surface area (Å²) in [6.45, 7) is -2.38. The monoisotopic (exact) mass is 330 g/mol. The largest absolute Gasteiger partial charge is 0.507 e. The third kappa shape index (κ3) is 4.22. The average Bonchev–Trinajstić information content (AvgIpc) is 2.46. The van der Waals surface area contributed by atoms with Crippen molar-refractivity contribution in [2.75, 3.05) is 20.9 Å². The lowest BCUT2D eigenvalue weighted by Crippen LogP contribution is -2.58. The van der Waals surface area contributed by atoms with Gasteiger partial charge in [-0.3, -0.25) is 0 Å². The molecule has 0 aliphatic rings. The Balaban J connectivity index is 3.05. The minimum atomic E-state index is -5.53. The van der Waals surface area contributed by atoms with Gasteiger partial charge in [-0.05, 0) is 5.56 Å². The molecule has 0 radical (unpaired) electrons. The summed E-state index contributed by atoms with van der Waals surface area (Å²) in [6, 6.07) is 7.94. The Morgan fingerprint density at radius 1 is 1.00 bits per heavy atom. The van der Waals surface area contributed by atoms with Gasteiger partial charge in [-0.1, -0.05) is 30.3 Å². The molecule has 0 saturated heterocycles. The molecule has 0 N–H and O–H groups in total. The predicted molar refractivity (Wildman–Crippen MR) is 66.9 cm³/mol. The molecule has 1 rings (SSSR count). The summed E-state index contributed by atoms with van der Waals surface area (Å²) in [5.74, 6) is -4.46. The third-order valence-corrected chi connectivity index (χ3v) is 5.52. The number of benzene rings is 1. The highest BCUT2D eigenvalue weighted by molar-refractivity contribution is 6.60. The Morgan fingerprint density at radius 3 is 1.90 bits per heavy atom. The fourth-order valence-corrected chi connectivity index (χ4v) is 3.69. The fourth-order valence-electron chi connectivity index (χ4n) is 1.60. The third-order valence-electron chi connectivity index (χ3n) is 2.80. The lowest BCUT2D eigenvalue weighted by atomic mass is 10.2. The van der Waals surface area contributed by atoms with Gasteiger partial charge in [-0.25, -0.2) is 4.39 Å². The number of halogens is 5. The van der Waals surface area contributed by atoms with E-state index in [0.29, 0.717) is 5.56 Å². The minimum Gasteiger partial charge on any atom is -0.377 e. The smallest absolute Gasteiger partial charge is 0.377 e. The van der Waals surface area contributed by atoms with Crippen molar-refractivity contribution >= 4 is 8.80 Å². The van der Waals surface area contributed by atoms with Crippen molar-refractivity contribution in [2.45, 2.75) is 18.1 Å². The maximum atomic E-state index is 13.8.